The number of imide groups is 1. The molecular formula is C20H28N2O4. The van der Waals surface area contributed by atoms with Gasteiger partial charge in [0.05, 0.1) is 23.2 Å². The molecule has 142 valence electrons. The third kappa shape index (κ3) is 4.84. The van der Waals surface area contributed by atoms with Crippen molar-refractivity contribution in [2.24, 2.45) is 5.41 Å². The molecule has 2 N–H and O–H groups in total. The predicted molar refractivity (Wildman–Crippen MR) is 99.3 cm³/mol. The topological polar surface area (TPSA) is 86.7 Å². The van der Waals surface area contributed by atoms with Crippen molar-refractivity contribution >= 4 is 17.9 Å². The molecule has 0 radical (unpaired) electrons. The molecule has 0 aromatic heterocycles. The van der Waals surface area contributed by atoms with Crippen LogP contribution in [0.4, 0.5) is 4.79 Å². The highest BCUT2D eigenvalue weighted by Crippen LogP contribution is 2.31. The fourth-order valence-corrected chi connectivity index (χ4v) is 3.26. The third-order valence-corrected chi connectivity index (χ3v) is 4.20. The van der Waals surface area contributed by atoms with Crippen LogP contribution < -0.4 is 5.32 Å². The highest BCUT2D eigenvalue weighted by molar-refractivity contribution is 6.21. The molecule has 2 atom stereocenters. The molecule has 2 aliphatic rings. The minimum atomic E-state index is -1.12. The number of amides is 3. The van der Waals surface area contributed by atoms with E-state index in [0.29, 0.717) is 29.4 Å². The second kappa shape index (κ2) is 7.89. The van der Waals surface area contributed by atoms with Crippen molar-refractivity contribution in [3.05, 3.63) is 35.4 Å². The Bertz CT molecular complexity index is 652. The second-order valence-electron chi connectivity index (χ2n) is 8.43. The van der Waals surface area contributed by atoms with Gasteiger partial charge >= 0.3 is 6.09 Å². The predicted octanol–water partition coefficient (Wildman–Crippen LogP) is 3.91. The molecular weight excluding hydrogens is 332 g/mol. The van der Waals surface area contributed by atoms with Crippen LogP contribution in [0.5, 0.6) is 0 Å². The molecule has 1 aliphatic carbocycles. The van der Waals surface area contributed by atoms with Crippen LogP contribution in [0.25, 0.3) is 0 Å². The number of fused-ring (bicyclic) bond motifs is 1. The molecule has 0 spiro atoms. The first-order chi connectivity index (χ1) is 12.1. The van der Waals surface area contributed by atoms with E-state index in [0.717, 1.165) is 12.8 Å². The van der Waals surface area contributed by atoms with Gasteiger partial charge in [0.2, 0.25) is 0 Å². The van der Waals surface area contributed by atoms with Crippen LogP contribution in [0.1, 0.15) is 74.1 Å². The van der Waals surface area contributed by atoms with Crippen LogP contribution in [0.3, 0.4) is 0 Å². The van der Waals surface area contributed by atoms with E-state index in [1.54, 1.807) is 24.3 Å². The number of hydrogen-bond acceptors (Lipinski definition) is 3. The van der Waals surface area contributed by atoms with Gasteiger partial charge in [-0.25, -0.2) is 4.79 Å². The van der Waals surface area contributed by atoms with E-state index < -0.39 is 18.2 Å². The summed E-state index contributed by atoms with van der Waals surface area (Å²) >= 11 is 0. The summed E-state index contributed by atoms with van der Waals surface area (Å²) in [7, 11) is 0. The number of carbonyl (C=O) groups excluding carboxylic acids is 2. The van der Waals surface area contributed by atoms with Gasteiger partial charge in [0.25, 0.3) is 11.8 Å². The molecule has 3 amide bonds. The van der Waals surface area contributed by atoms with E-state index in [9.17, 15) is 14.4 Å². The van der Waals surface area contributed by atoms with Crippen molar-refractivity contribution in [1.82, 2.24) is 10.2 Å². The lowest BCUT2D eigenvalue weighted by atomic mass is 9.89. The van der Waals surface area contributed by atoms with E-state index >= 15 is 0 Å². The Hall–Kier alpha value is -2.37. The van der Waals surface area contributed by atoms with E-state index in [1.807, 2.05) is 0 Å². The first-order valence-corrected chi connectivity index (χ1v) is 9.06. The Labute approximate surface area is 154 Å². The van der Waals surface area contributed by atoms with E-state index in [2.05, 4.69) is 33.0 Å². The summed E-state index contributed by atoms with van der Waals surface area (Å²) in [6, 6.07) is 5.93. The Kier molecular flexibility index (Phi) is 6.05. The average Bonchev–Trinajstić information content (AvgIpc) is 2.78. The number of hydrogen-bond donors (Lipinski definition) is 2. The molecule has 6 heteroatoms. The smallest absolute Gasteiger partial charge is 0.404 e. The summed E-state index contributed by atoms with van der Waals surface area (Å²) in [6.45, 7) is 8.75. The molecule has 26 heavy (non-hydrogen) atoms. The maximum absolute atomic E-state index is 12.5. The minimum Gasteiger partial charge on any atom is -0.465 e. The maximum Gasteiger partial charge on any atom is 0.404 e. The molecule has 1 aromatic carbocycles. The second-order valence-corrected chi connectivity index (χ2v) is 8.43. The molecule has 0 bridgehead atoms. The Balaban J connectivity index is 0.000000431. The summed E-state index contributed by atoms with van der Waals surface area (Å²) in [5, 5.41) is 11.4. The number of carbonyl (C=O) groups is 3. The Morgan fingerprint density at radius 2 is 1.50 bits per heavy atom. The van der Waals surface area contributed by atoms with Gasteiger partial charge in [-0.2, -0.15) is 0 Å². The lowest BCUT2D eigenvalue weighted by Crippen LogP contribution is -2.54. The summed E-state index contributed by atoms with van der Waals surface area (Å²) in [5.74, 6) is -0.639. The van der Waals surface area contributed by atoms with Crippen molar-refractivity contribution < 1.29 is 19.5 Å². The number of nitrogens with one attached hydrogen (secondary N) is 1. The molecule has 1 aliphatic heterocycles. The number of rotatable bonds is 2. The zero-order chi connectivity index (χ0) is 19.5. The standard InChI is InChI=1S/C15H16N2O4.C5H12/c18-13-9-5-1-2-6-10(9)14(19)17(13)12-8-4-3-7-11(12)16-15(20)21;1-5(2,3)4/h1-2,5-6,11-12,16H,3-4,7-8H2,(H,20,21);1-4H3/t11-,12+;/m0./s1. The fraction of sp³-hybridized carbons (Fsp3) is 0.550. The van der Waals surface area contributed by atoms with Gasteiger partial charge < -0.3 is 10.4 Å². The molecule has 1 saturated carbocycles. The van der Waals surface area contributed by atoms with Gasteiger partial charge in [0.1, 0.15) is 0 Å². The minimum absolute atomic E-state index is 0.320. The van der Waals surface area contributed by atoms with Crippen molar-refractivity contribution in [2.45, 2.75) is 65.5 Å². The van der Waals surface area contributed by atoms with Crippen molar-refractivity contribution in [2.75, 3.05) is 0 Å². The quantitative estimate of drug-likeness (QED) is 0.783. The van der Waals surface area contributed by atoms with Crippen molar-refractivity contribution in [3.63, 3.8) is 0 Å². The van der Waals surface area contributed by atoms with Gasteiger partial charge in [0.15, 0.2) is 0 Å². The molecule has 0 saturated heterocycles. The first kappa shape index (κ1) is 19.9. The lowest BCUT2D eigenvalue weighted by Gasteiger charge is -2.36. The largest absolute Gasteiger partial charge is 0.465 e. The zero-order valence-electron chi connectivity index (χ0n) is 15.9. The normalized spacial score (nSPS) is 22.4. The molecule has 3 rings (SSSR count). The van der Waals surface area contributed by atoms with Crippen LogP contribution in [0, 0.1) is 5.41 Å². The molecule has 0 unspecified atom stereocenters. The zero-order valence-corrected chi connectivity index (χ0v) is 15.9. The van der Waals surface area contributed by atoms with Gasteiger partial charge in [-0.15, -0.1) is 0 Å². The summed E-state index contributed by atoms with van der Waals surface area (Å²) in [5.41, 5.74) is 1.31. The lowest BCUT2D eigenvalue weighted by molar-refractivity contribution is 0.0502. The molecule has 1 aromatic rings. The average molecular weight is 360 g/mol. The van der Waals surface area contributed by atoms with Gasteiger partial charge in [-0.05, 0) is 30.4 Å². The van der Waals surface area contributed by atoms with Crippen molar-refractivity contribution in [1.29, 1.82) is 0 Å². The third-order valence-electron chi connectivity index (χ3n) is 4.20. The van der Waals surface area contributed by atoms with Crippen LogP contribution in [-0.2, 0) is 0 Å². The maximum atomic E-state index is 12.5. The summed E-state index contributed by atoms with van der Waals surface area (Å²) in [6.07, 6.45) is 1.94. The number of nitrogens with zero attached hydrogens (tertiary/aromatic N) is 1. The van der Waals surface area contributed by atoms with Crippen LogP contribution in [0.15, 0.2) is 24.3 Å². The van der Waals surface area contributed by atoms with E-state index in [-0.39, 0.29) is 11.8 Å². The van der Waals surface area contributed by atoms with Crippen LogP contribution in [-0.4, -0.2) is 40.0 Å². The SMILES string of the molecule is CC(C)(C)C.O=C(O)N[C@H]1CCCC[C@H]1N1C(=O)c2ccccc2C1=O. The number of carboxylic acid groups (broad SMARTS) is 1. The summed E-state index contributed by atoms with van der Waals surface area (Å²) in [4.78, 5) is 37.1. The monoisotopic (exact) mass is 360 g/mol. The van der Waals surface area contributed by atoms with Crippen LogP contribution in [0.2, 0.25) is 0 Å². The van der Waals surface area contributed by atoms with Crippen molar-refractivity contribution in [3.8, 4) is 0 Å². The van der Waals surface area contributed by atoms with Crippen LogP contribution >= 0.6 is 0 Å². The highest BCUT2D eigenvalue weighted by atomic mass is 16.4. The highest BCUT2D eigenvalue weighted by Gasteiger charge is 2.43. The Morgan fingerprint density at radius 1 is 1.04 bits per heavy atom. The molecule has 6 nitrogen and oxygen atoms in total. The van der Waals surface area contributed by atoms with Gasteiger partial charge in [0, 0.05) is 0 Å². The van der Waals surface area contributed by atoms with E-state index in [1.165, 1.54) is 4.90 Å². The Morgan fingerprint density at radius 3 is 1.96 bits per heavy atom. The first-order valence-electron chi connectivity index (χ1n) is 9.06. The molecule has 1 fully saturated rings. The fourth-order valence-electron chi connectivity index (χ4n) is 3.26. The van der Waals surface area contributed by atoms with E-state index in [4.69, 9.17) is 5.11 Å². The molecule has 1 heterocycles. The van der Waals surface area contributed by atoms with Gasteiger partial charge in [-0.3, -0.25) is 14.5 Å². The van der Waals surface area contributed by atoms with Gasteiger partial charge in [-0.1, -0.05) is 52.7 Å². The summed E-state index contributed by atoms with van der Waals surface area (Å²) < 4.78 is 0. The number of benzene rings is 1.